The zero-order valence-corrected chi connectivity index (χ0v) is 23.2. The molecule has 192 valence electrons. The van der Waals surface area contributed by atoms with Gasteiger partial charge in [-0.2, -0.15) is 0 Å². The third-order valence-electron chi connectivity index (χ3n) is 7.47. The van der Waals surface area contributed by atoms with Crippen LogP contribution in [0.5, 0.6) is 0 Å². The molecule has 0 N–H and O–H groups in total. The van der Waals surface area contributed by atoms with Crippen molar-refractivity contribution in [3.05, 3.63) is 182 Å². The van der Waals surface area contributed by atoms with E-state index in [4.69, 9.17) is 0 Å². The molecule has 8 rings (SSSR count). The van der Waals surface area contributed by atoms with Crippen LogP contribution in [0.15, 0.2) is 97.1 Å². The fraction of sp³-hybridized carbons (Fsp3) is 0. The Kier molecular flexibility index (Phi) is 5.89. The molecule has 0 saturated heterocycles. The summed E-state index contributed by atoms with van der Waals surface area (Å²) in [4.78, 5) is 0. The average molecular weight is 545 g/mol. The molecule has 0 aliphatic carbocycles. The predicted octanol–water partition coefficient (Wildman–Crippen LogP) is 9.77. The van der Waals surface area contributed by atoms with Crippen LogP contribution in [-0.4, -0.2) is 0 Å². The van der Waals surface area contributed by atoms with E-state index in [1.807, 2.05) is 97.1 Å². The van der Waals surface area contributed by atoms with Crippen LogP contribution in [0.1, 0.15) is 0 Å². The topological polar surface area (TPSA) is 0 Å². The SMILES string of the molecule is c1c2ccccc2c#cc2ccc3c#cc4ccccc4c#cc4cccc5c#cc6cccc(c#1)c6c#cc2c3c#cc45. The van der Waals surface area contributed by atoms with E-state index in [2.05, 4.69) is 84.9 Å². The number of benzene rings is 5. The maximum atomic E-state index is 3.45. The molecular formula is C44H16. The Morgan fingerprint density at radius 1 is 0.182 bits per heavy atom. The van der Waals surface area contributed by atoms with Crippen LogP contribution in [0, 0.1) is 84.9 Å². The van der Waals surface area contributed by atoms with Gasteiger partial charge in [0.2, 0.25) is 0 Å². The second kappa shape index (κ2) is 10.4. The molecule has 0 saturated carbocycles. The summed E-state index contributed by atoms with van der Waals surface area (Å²) < 4.78 is 0. The first-order valence-electron chi connectivity index (χ1n) is 14.1. The van der Waals surface area contributed by atoms with Gasteiger partial charge < -0.3 is 0 Å². The minimum atomic E-state index is 0.729. The van der Waals surface area contributed by atoms with E-state index >= 15 is 0 Å². The molecule has 0 aromatic heterocycles. The lowest BCUT2D eigenvalue weighted by Crippen LogP contribution is -1.73. The Balaban J connectivity index is 1.70. The van der Waals surface area contributed by atoms with Crippen molar-refractivity contribution < 1.29 is 0 Å². The quantitative estimate of drug-likeness (QED) is 0.178. The van der Waals surface area contributed by atoms with Crippen molar-refractivity contribution in [2.75, 3.05) is 0 Å². The van der Waals surface area contributed by atoms with Crippen molar-refractivity contribution in [2.45, 2.75) is 0 Å². The van der Waals surface area contributed by atoms with Crippen LogP contribution >= 0.6 is 0 Å². The molecule has 0 nitrogen and oxygen atoms in total. The van der Waals surface area contributed by atoms with Crippen LogP contribution in [-0.2, 0) is 0 Å². The summed E-state index contributed by atoms with van der Waals surface area (Å²) in [6.45, 7) is 0. The summed E-state index contributed by atoms with van der Waals surface area (Å²) in [5.41, 5.74) is 0. The molecule has 0 heteroatoms. The van der Waals surface area contributed by atoms with Gasteiger partial charge in [-0.3, -0.25) is 0 Å². The number of rotatable bonds is 0. The summed E-state index contributed by atoms with van der Waals surface area (Å²) >= 11 is 0. The van der Waals surface area contributed by atoms with Crippen molar-refractivity contribution in [3.8, 4) is 0 Å². The summed E-state index contributed by atoms with van der Waals surface area (Å²) in [6, 6.07) is 79.2. The Hall–Kier alpha value is -6.98. The second-order valence-corrected chi connectivity index (χ2v) is 10.2. The molecule has 0 aliphatic rings. The molecule has 0 atom stereocenters. The Labute approximate surface area is 256 Å². The van der Waals surface area contributed by atoms with E-state index in [-0.39, 0.29) is 0 Å². The minimum absolute atomic E-state index is 0.729. The molecule has 4 bridgehead atoms. The smallest absolute Gasteiger partial charge is 0.0575 e. The summed E-state index contributed by atoms with van der Waals surface area (Å²) in [6.07, 6.45) is 0. The highest BCUT2D eigenvalue weighted by Gasteiger charge is 1.99. The molecule has 44 heavy (non-hydrogen) atoms. The van der Waals surface area contributed by atoms with Gasteiger partial charge in [0.1, 0.15) is 0 Å². The van der Waals surface area contributed by atoms with Gasteiger partial charge in [-0.25, -0.2) is 0 Å². The zero-order valence-electron chi connectivity index (χ0n) is 23.2. The van der Waals surface area contributed by atoms with Crippen molar-refractivity contribution in [2.24, 2.45) is 0 Å². The average Bonchev–Trinajstić information content (AvgIpc) is 3.05. The molecule has 0 radical (unpaired) electrons. The third kappa shape index (κ3) is 4.49. The largest absolute Gasteiger partial charge is 0.0609 e. The number of fused-ring (bicyclic) bond motifs is 2. The van der Waals surface area contributed by atoms with E-state index in [1.165, 1.54) is 0 Å². The first-order chi connectivity index (χ1) is 21.8. The third-order valence-corrected chi connectivity index (χ3v) is 7.47. The monoisotopic (exact) mass is 544 g/mol. The van der Waals surface area contributed by atoms with Crippen LogP contribution in [0.3, 0.4) is 0 Å². The van der Waals surface area contributed by atoms with Crippen molar-refractivity contribution >= 4 is 75.4 Å². The first-order valence-corrected chi connectivity index (χ1v) is 14.1. The van der Waals surface area contributed by atoms with Crippen molar-refractivity contribution in [1.82, 2.24) is 0 Å². The van der Waals surface area contributed by atoms with Crippen LogP contribution in [0.4, 0.5) is 0 Å². The Morgan fingerprint density at radius 2 is 0.409 bits per heavy atom. The number of hydrogen-bond acceptors (Lipinski definition) is 0. The maximum absolute atomic E-state index is 3.45. The molecule has 0 spiro atoms. The molecule has 0 heterocycles. The van der Waals surface area contributed by atoms with Gasteiger partial charge in [-0.1, -0.05) is 121 Å². The lowest BCUT2D eigenvalue weighted by Gasteiger charge is -1.94. The summed E-state index contributed by atoms with van der Waals surface area (Å²) in [5, 5.41) is 11.2. The molecule has 0 unspecified atom stereocenters. The van der Waals surface area contributed by atoms with Gasteiger partial charge in [0.25, 0.3) is 0 Å². The predicted molar refractivity (Wildman–Crippen MR) is 177 cm³/mol. The molecule has 0 amide bonds. The normalized spacial score (nSPS) is 9.91. The zero-order chi connectivity index (χ0) is 29.3. The number of hydrogen-bond donors (Lipinski definition) is 0. The lowest BCUT2D eigenvalue weighted by atomic mass is 10.1. The van der Waals surface area contributed by atoms with E-state index < -0.39 is 0 Å². The fourth-order valence-electron chi connectivity index (χ4n) is 5.19. The highest BCUT2D eigenvalue weighted by Crippen LogP contribution is 2.21. The first kappa shape index (κ1) is 24.8. The minimum Gasteiger partial charge on any atom is -0.0609 e. The van der Waals surface area contributed by atoms with E-state index in [9.17, 15) is 0 Å². The maximum Gasteiger partial charge on any atom is 0.0575 e. The molecule has 0 fully saturated rings. The molecule has 8 aromatic carbocycles. The highest BCUT2D eigenvalue weighted by molar-refractivity contribution is 6.05. The second-order valence-electron chi connectivity index (χ2n) is 10.2. The van der Waals surface area contributed by atoms with Gasteiger partial charge in [-0.05, 0) is 60.7 Å². The standard InChI is InChI=1S/C44H16/c1-3-9-33-17-21-39-25-26-40-22-18-34-10-4-2-8-32(34)16-20-36-12-6-14-38-24-23-37-13-5-11-35(19-15-31(33)7-1)41(37)27-29-43(39)44(40)30-28-42(36)38/h1-14,25-26H. The van der Waals surface area contributed by atoms with Crippen LogP contribution in [0.2, 0.25) is 0 Å². The van der Waals surface area contributed by atoms with Gasteiger partial charge >= 0.3 is 0 Å². The summed E-state index contributed by atoms with van der Waals surface area (Å²) in [7, 11) is 0. The van der Waals surface area contributed by atoms with E-state index in [0.29, 0.717) is 0 Å². The molecule has 0 aliphatic heterocycles. The van der Waals surface area contributed by atoms with E-state index in [0.717, 1.165) is 75.4 Å². The van der Waals surface area contributed by atoms with Gasteiger partial charge in [0.15, 0.2) is 0 Å². The Bertz CT molecular complexity index is 2370. The van der Waals surface area contributed by atoms with Crippen molar-refractivity contribution in [1.29, 1.82) is 0 Å². The molecular weight excluding hydrogens is 528 g/mol. The Morgan fingerprint density at radius 3 is 0.727 bits per heavy atom. The highest BCUT2D eigenvalue weighted by atomic mass is 14.0. The van der Waals surface area contributed by atoms with Gasteiger partial charge in [0, 0.05) is 53.9 Å². The summed E-state index contributed by atoms with van der Waals surface area (Å²) in [5.74, 6) is 0. The van der Waals surface area contributed by atoms with E-state index in [1.54, 1.807) is 0 Å². The van der Waals surface area contributed by atoms with Crippen LogP contribution < -0.4 is 0 Å². The fourth-order valence-corrected chi connectivity index (χ4v) is 5.19. The molecule has 8 aromatic rings. The van der Waals surface area contributed by atoms with Gasteiger partial charge in [-0.15, -0.1) is 0 Å². The van der Waals surface area contributed by atoms with Crippen molar-refractivity contribution in [3.63, 3.8) is 0 Å². The lowest BCUT2D eigenvalue weighted by molar-refractivity contribution is 1.80. The van der Waals surface area contributed by atoms with Crippen LogP contribution in [0.25, 0.3) is 75.4 Å². The van der Waals surface area contributed by atoms with Gasteiger partial charge in [0.05, 0.1) is 21.5 Å².